The Balaban J connectivity index is 2.04. The van der Waals surface area contributed by atoms with Crippen molar-refractivity contribution < 1.29 is 14.6 Å². The van der Waals surface area contributed by atoms with Gasteiger partial charge in [0, 0.05) is 17.6 Å². The van der Waals surface area contributed by atoms with Crippen LogP contribution in [0.1, 0.15) is 25.0 Å². The third-order valence-corrected chi connectivity index (χ3v) is 4.13. The summed E-state index contributed by atoms with van der Waals surface area (Å²) in [5.41, 5.74) is 1.95. The quantitative estimate of drug-likeness (QED) is 0.885. The molecule has 1 fully saturated rings. The number of ether oxygens (including phenoxy) is 1. The van der Waals surface area contributed by atoms with Crippen LogP contribution in [0.2, 0.25) is 0 Å². The molecule has 1 aliphatic heterocycles. The maximum atomic E-state index is 11.2. The number of benzene rings is 1. The van der Waals surface area contributed by atoms with E-state index in [0.717, 1.165) is 35.2 Å². The molecule has 1 unspecified atom stereocenters. The molecule has 1 amide bonds. The lowest BCUT2D eigenvalue weighted by Gasteiger charge is -2.21. The zero-order valence-electron chi connectivity index (χ0n) is 11.6. The zero-order chi connectivity index (χ0) is 14.7. The predicted octanol–water partition coefficient (Wildman–Crippen LogP) is 2.44. The number of carbonyl (C=O) groups excluding carboxylic acids is 1. The van der Waals surface area contributed by atoms with E-state index in [2.05, 4.69) is 30.9 Å². The van der Waals surface area contributed by atoms with Gasteiger partial charge in [-0.25, -0.2) is 4.79 Å². The van der Waals surface area contributed by atoms with E-state index in [9.17, 15) is 9.90 Å². The fourth-order valence-electron chi connectivity index (χ4n) is 2.36. The molecule has 20 heavy (non-hydrogen) atoms. The van der Waals surface area contributed by atoms with Crippen molar-refractivity contribution >= 4 is 27.7 Å². The van der Waals surface area contributed by atoms with Gasteiger partial charge in [0.2, 0.25) is 0 Å². The van der Waals surface area contributed by atoms with Crippen LogP contribution in [0, 0.1) is 0 Å². The first-order valence-electron chi connectivity index (χ1n) is 6.58. The van der Waals surface area contributed by atoms with Crippen LogP contribution < -0.4 is 10.2 Å². The highest BCUT2D eigenvalue weighted by atomic mass is 79.9. The van der Waals surface area contributed by atoms with Crippen molar-refractivity contribution in [1.29, 1.82) is 0 Å². The van der Waals surface area contributed by atoms with E-state index in [1.165, 1.54) is 7.11 Å². The molecule has 0 saturated carbocycles. The van der Waals surface area contributed by atoms with E-state index >= 15 is 0 Å². The van der Waals surface area contributed by atoms with E-state index < -0.39 is 6.10 Å². The molecule has 1 heterocycles. The van der Waals surface area contributed by atoms with Gasteiger partial charge in [-0.15, -0.1) is 0 Å². The summed E-state index contributed by atoms with van der Waals surface area (Å²) in [6, 6.07) is 5.95. The number of nitrogens with one attached hydrogen (secondary N) is 1. The lowest BCUT2D eigenvalue weighted by atomic mass is 10.1. The second-order valence-electron chi connectivity index (χ2n) is 4.95. The van der Waals surface area contributed by atoms with Gasteiger partial charge in [-0.05, 0) is 47.0 Å². The Hall–Kier alpha value is -1.27. The molecular formula is C14H19BrN2O3. The number of halogens is 1. The normalized spacial score (nSPS) is 19.8. The molecule has 2 rings (SSSR count). The van der Waals surface area contributed by atoms with Crippen LogP contribution in [0.3, 0.4) is 0 Å². The minimum Gasteiger partial charge on any atom is -0.453 e. The molecule has 0 bridgehead atoms. The first kappa shape index (κ1) is 15.1. The van der Waals surface area contributed by atoms with Crippen LogP contribution >= 0.6 is 15.9 Å². The summed E-state index contributed by atoms with van der Waals surface area (Å²) in [4.78, 5) is 13.4. The number of hydrogen-bond donors (Lipinski definition) is 2. The van der Waals surface area contributed by atoms with Crippen LogP contribution in [-0.4, -0.2) is 37.4 Å². The van der Waals surface area contributed by atoms with Crippen molar-refractivity contribution in [1.82, 2.24) is 5.32 Å². The number of aliphatic hydroxyl groups is 1. The van der Waals surface area contributed by atoms with Crippen molar-refractivity contribution in [3.8, 4) is 0 Å². The van der Waals surface area contributed by atoms with Crippen molar-refractivity contribution in [3.05, 3.63) is 28.2 Å². The van der Waals surface area contributed by atoms with Gasteiger partial charge >= 0.3 is 6.09 Å². The van der Waals surface area contributed by atoms with Gasteiger partial charge in [0.05, 0.1) is 24.9 Å². The van der Waals surface area contributed by atoms with E-state index in [1.807, 2.05) is 18.2 Å². The molecule has 110 valence electrons. The Morgan fingerprint density at radius 1 is 1.60 bits per heavy atom. The Kier molecular flexibility index (Phi) is 4.88. The number of aliphatic hydroxyl groups excluding tert-OH is 1. The van der Waals surface area contributed by atoms with Gasteiger partial charge < -0.3 is 20.1 Å². The van der Waals surface area contributed by atoms with Crippen molar-refractivity contribution in [2.45, 2.75) is 25.5 Å². The average molecular weight is 343 g/mol. The van der Waals surface area contributed by atoms with Crippen LogP contribution in [0.25, 0.3) is 0 Å². The maximum absolute atomic E-state index is 11.2. The summed E-state index contributed by atoms with van der Waals surface area (Å²) < 4.78 is 5.57. The van der Waals surface area contributed by atoms with Gasteiger partial charge in [-0.1, -0.05) is 6.07 Å². The highest BCUT2D eigenvalue weighted by molar-refractivity contribution is 9.10. The molecule has 1 aromatic rings. The first-order chi connectivity index (χ1) is 9.51. The summed E-state index contributed by atoms with van der Waals surface area (Å²) in [6.45, 7) is 3.37. The molecule has 1 saturated heterocycles. The molecule has 0 radical (unpaired) electrons. The van der Waals surface area contributed by atoms with Crippen LogP contribution in [-0.2, 0) is 4.74 Å². The Labute approximate surface area is 127 Å². The largest absolute Gasteiger partial charge is 0.453 e. The van der Waals surface area contributed by atoms with Gasteiger partial charge in [-0.2, -0.15) is 0 Å². The number of carbonyl (C=O) groups is 1. The lowest BCUT2D eigenvalue weighted by molar-refractivity contribution is 0.167. The Morgan fingerprint density at radius 2 is 2.35 bits per heavy atom. The topological polar surface area (TPSA) is 61.8 Å². The Morgan fingerprint density at radius 3 is 2.95 bits per heavy atom. The molecule has 1 aromatic carbocycles. The predicted molar refractivity (Wildman–Crippen MR) is 80.9 cm³/mol. The summed E-state index contributed by atoms with van der Waals surface area (Å²) in [7, 11) is 1.37. The number of hydrogen-bond acceptors (Lipinski definition) is 4. The third-order valence-electron chi connectivity index (χ3n) is 3.49. The SMILES string of the molecule is COC(=O)NC1CCN(c2ccc([C@H](C)O)cc2Br)C1. The molecule has 5 nitrogen and oxygen atoms in total. The maximum Gasteiger partial charge on any atom is 0.407 e. The van der Waals surface area contributed by atoms with Crippen LogP contribution in [0.4, 0.5) is 10.5 Å². The standard InChI is InChI=1S/C14H19BrN2O3/c1-9(18)10-3-4-13(12(15)7-10)17-6-5-11(8-17)16-14(19)20-2/h3-4,7,9,11,18H,5-6,8H2,1-2H3,(H,16,19)/t9-,11?/m0/s1. The minimum absolute atomic E-state index is 0.103. The van der Waals surface area contributed by atoms with Crippen molar-refractivity contribution in [2.24, 2.45) is 0 Å². The van der Waals surface area contributed by atoms with Crippen molar-refractivity contribution in [2.75, 3.05) is 25.1 Å². The second kappa shape index (κ2) is 6.45. The monoisotopic (exact) mass is 342 g/mol. The smallest absolute Gasteiger partial charge is 0.407 e. The lowest BCUT2D eigenvalue weighted by Crippen LogP contribution is -2.37. The zero-order valence-corrected chi connectivity index (χ0v) is 13.2. The average Bonchev–Trinajstić information content (AvgIpc) is 2.86. The second-order valence-corrected chi connectivity index (χ2v) is 5.81. The van der Waals surface area contributed by atoms with E-state index in [0.29, 0.717) is 0 Å². The van der Waals surface area contributed by atoms with Crippen molar-refractivity contribution in [3.63, 3.8) is 0 Å². The van der Waals surface area contributed by atoms with Crippen LogP contribution in [0.5, 0.6) is 0 Å². The first-order valence-corrected chi connectivity index (χ1v) is 7.37. The van der Waals surface area contributed by atoms with E-state index in [-0.39, 0.29) is 12.1 Å². The highest BCUT2D eigenvalue weighted by Crippen LogP contribution is 2.31. The number of rotatable bonds is 3. The third kappa shape index (κ3) is 3.43. The van der Waals surface area contributed by atoms with Gasteiger partial charge in [-0.3, -0.25) is 0 Å². The Bertz CT molecular complexity index is 493. The molecule has 1 aliphatic rings. The summed E-state index contributed by atoms with van der Waals surface area (Å²) in [5, 5.41) is 12.4. The number of methoxy groups -OCH3 is 1. The van der Waals surface area contributed by atoms with Gasteiger partial charge in [0.25, 0.3) is 0 Å². The molecular weight excluding hydrogens is 324 g/mol. The highest BCUT2D eigenvalue weighted by Gasteiger charge is 2.25. The van der Waals surface area contributed by atoms with Gasteiger partial charge in [0.1, 0.15) is 0 Å². The molecule has 2 atom stereocenters. The number of nitrogens with zero attached hydrogens (tertiary/aromatic N) is 1. The molecule has 0 aliphatic carbocycles. The van der Waals surface area contributed by atoms with E-state index in [1.54, 1.807) is 6.92 Å². The number of anilines is 1. The fourth-order valence-corrected chi connectivity index (χ4v) is 3.01. The van der Waals surface area contributed by atoms with Crippen LogP contribution in [0.15, 0.2) is 22.7 Å². The van der Waals surface area contributed by atoms with Gasteiger partial charge in [0.15, 0.2) is 0 Å². The molecule has 2 N–H and O–H groups in total. The number of amides is 1. The molecule has 0 spiro atoms. The number of alkyl carbamates (subject to hydrolysis) is 1. The summed E-state index contributed by atoms with van der Waals surface area (Å²) in [5.74, 6) is 0. The summed E-state index contributed by atoms with van der Waals surface area (Å²) >= 11 is 3.55. The summed E-state index contributed by atoms with van der Waals surface area (Å²) in [6.07, 6.45) is 0.0210. The molecule has 6 heteroatoms. The fraction of sp³-hybridized carbons (Fsp3) is 0.500. The molecule has 0 aromatic heterocycles. The van der Waals surface area contributed by atoms with E-state index in [4.69, 9.17) is 0 Å². The minimum atomic E-state index is -0.479.